The molecule has 0 aliphatic carbocycles. The summed E-state index contributed by atoms with van der Waals surface area (Å²) in [7, 11) is 1.74. The highest BCUT2D eigenvalue weighted by molar-refractivity contribution is 5.94. The summed E-state index contributed by atoms with van der Waals surface area (Å²) in [5.41, 5.74) is 0.767. The monoisotopic (exact) mass is 264 g/mol. The maximum atomic E-state index is 12.2. The van der Waals surface area contributed by atoms with E-state index in [1.807, 2.05) is 6.92 Å². The van der Waals surface area contributed by atoms with Crippen molar-refractivity contribution in [1.29, 1.82) is 0 Å². The molecule has 104 valence electrons. The number of hydrogen-bond acceptors (Lipinski definition) is 3. The van der Waals surface area contributed by atoms with Gasteiger partial charge in [0.25, 0.3) is 5.91 Å². The lowest BCUT2D eigenvalue weighted by Gasteiger charge is -2.24. The first kappa shape index (κ1) is 15.1. The number of aryl methyl sites for hydroxylation is 1. The van der Waals surface area contributed by atoms with Crippen LogP contribution in [0, 0.1) is 6.92 Å². The van der Waals surface area contributed by atoms with Crippen molar-refractivity contribution in [2.75, 3.05) is 7.05 Å². The molecule has 0 aliphatic heterocycles. The van der Waals surface area contributed by atoms with Crippen LogP contribution in [0.5, 0.6) is 0 Å². The summed E-state index contributed by atoms with van der Waals surface area (Å²) in [6.07, 6.45) is 1.93. The Morgan fingerprint density at radius 2 is 2.05 bits per heavy atom. The predicted molar refractivity (Wildman–Crippen MR) is 72.4 cm³/mol. The maximum Gasteiger partial charge on any atom is 0.337 e. The number of carboxylic acids is 1. The van der Waals surface area contributed by atoms with Gasteiger partial charge in [0.2, 0.25) is 0 Å². The third-order valence-electron chi connectivity index (χ3n) is 3.22. The lowest BCUT2D eigenvalue weighted by Crippen LogP contribution is -2.35. The molecule has 0 aliphatic rings. The van der Waals surface area contributed by atoms with Crippen LogP contribution in [-0.4, -0.2) is 40.0 Å². The van der Waals surface area contributed by atoms with E-state index in [0.717, 1.165) is 12.8 Å². The molecule has 5 heteroatoms. The van der Waals surface area contributed by atoms with Gasteiger partial charge < -0.3 is 10.0 Å². The topological polar surface area (TPSA) is 70.5 Å². The van der Waals surface area contributed by atoms with E-state index in [0.29, 0.717) is 5.69 Å². The molecule has 0 saturated heterocycles. The van der Waals surface area contributed by atoms with Crippen molar-refractivity contribution in [2.24, 2.45) is 0 Å². The first-order chi connectivity index (χ1) is 8.88. The number of aromatic nitrogens is 1. The Balaban J connectivity index is 2.95. The largest absolute Gasteiger partial charge is 0.478 e. The minimum atomic E-state index is -1.03. The van der Waals surface area contributed by atoms with Gasteiger partial charge in [-0.05, 0) is 32.4 Å². The van der Waals surface area contributed by atoms with Crippen LogP contribution in [0.3, 0.4) is 0 Å². The molecule has 1 heterocycles. The Labute approximate surface area is 113 Å². The molecule has 19 heavy (non-hydrogen) atoms. The van der Waals surface area contributed by atoms with Crippen molar-refractivity contribution in [3.63, 3.8) is 0 Å². The first-order valence-electron chi connectivity index (χ1n) is 6.36. The highest BCUT2D eigenvalue weighted by Gasteiger charge is 2.19. The van der Waals surface area contributed by atoms with Crippen LogP contribution in [0.4, 0.5) is 0 Å². The second-order valence-electron chi connectivity index (χ2n) is 4.69. The quantitative estimate of drug-likeness (QED) is 0.886. The van der Waals surface area contributed by atoms with E-state index in [4.69, 9.17) is 5.11 Å². The number of aromatic carboxylic acids is 1. The number of amides is 1. The first-order valence-corrected chi connectivity index (χ1v) is 6.36. The van der Waals surface area contributed by atoms with Gasteiger partial charge in [0.05, 0.1) is 11.3 Å². The number of carbonyl (C=O) groups excluding carboxylic acids is 1. The van der Waals surface area contributed by atoms with Crippen LogP contribution in [-0.2, 0) is 0 Å². The van der Waals surface area contributed by atoms with Gasteiger partial charge in [0, 0.05) is 13.1 Å². The average Bonchev–Trinajstić information content (AvgIpc) is 2.36. The van der Waals surface area contributed by atoms with Crippen molar-refractivity contribution >= 4 is 11.9 Å². The molecule has 1 aromatic rings. The fraction of sp³-hybridized carbons (Fsp3) is 0.500. The van der Waals surface area contributed by atoms with Crippen molar-refractivity contribution in [3.8, 4) is 0 Å². The molecule has 0 saturated carbocycles. The standard InChI is InChI=1S/C14H20N2O3/c1-5-6-9(2)16(4)13(17)12-8-7-11(14(18)19)10(3)15-12/h7-9H,5-6H2,1-4H3,(H,18,19). The van der Waals surface area contributed by atoms with Gasteiger partial charge in [-0.3, -0.25) is 4.79 Å². The van der Waals surface area contributed by atoms with Gasteiger partial charge in [0.15, 0.2) is 0 Å². The smallest absolute Gasteiger partial charge is 0.337 e. The van der Waals surface area contributed by atoms with E-state index in [9.17, 15) is 9.59 Å². The van der Waals surface area contributed by atoms with E-state index in [1.54, 1.807) is 18.9 Å². The lowest BCUT2D eigenvalue weighted by molar-refractivity contribution is 0.0689. The number of nitrogens with zero attached hydrogens (tertiary/aromatic N) is 2. The number of hydrogen-bond donors (Lipinski definition) is 1. The Morgan fingerprint density at radius 1 is 1.42 bits per heavy atom. The number of carboxylic acid groups (broad SMARTS) is 1. The van der Waals surface area contributed by atoms with E-state index in [2.05, 4.69) is 11.9 Å². The summed E-state index contributed by atoms with van der Waals surface area (Å²) in [5.74, 6) is -1.21. The van der Waals surface area contributed by atoms with Crippen molar-refractivity contribution in [3.05, 3.63) is 29.1 Å². The maximum absolute atomic E-state index is 12.2. The van der Waals surface area contributed by atoms with Gasteiger partial charge in [-0.15, -0.1) is 0 Å². The van der Waals surface area contributed by atoms with Crippen LogP contribution in [0.25, 0.3) is 0 Å². The summed E-state index contributed by atoms with van der Waals surface area (Å²) >= 11 is 0. The summed E-state index contributed by atoms with van der Waals surface area (Å²) in [6.45, 7) is 5.65. The summed E-state index contributed by atoms with van der Waals surface area (Å²) in [5, 5.41) is 8.93. The van der Waals surface area contributed by atoms with E-state index < -0.39 is 5.97 Å². The van der Waals surface area contributed by atoms with Crippen molar-refractivity contribution in [1.82, 2.24) is 9.88 Å². The Hall–Kier alpha value is -1.91. The molecular weight excluding hydrogens is 244 g/mol. The number of rotatable bonds is 5. The van der Waals surface area contributed by atoms with Crippen LogP contribution in [0.1, 0.15) is 53.2 Å². The van der Waals surface area contributed by atoms with Crippen LogP contribution >= 0.6 is 0 Å². The molecular formula is C14H20N2O3. The second kappa shape index (κ2) is 6.31. The molecule has 1 aromatic heterocycles. The molecule has 1 amide bonds. The summed E-state index contributed by atoms with van der Waals surface area (Å²) < 4.78 is 0. The zero-order valence-corrected chi connectivity index (χ0v) is 11.8. The van der Waals surface area contributed by atoms with E-state index in [-0.39, 0.29) is 23.2 Å². The molecule has 1 atom stereocenters. The zero-order chi connectivity index (χ0) is 14.6. The van der Waals surface area contributed by atoms with Crippen LogP contribution < -0.4 is 0 Å². The Kier molecular flexibility index (Phi) is 5.03. The summed E-state index contributed by atoms with van der Waals surface area (Å²) in [4.78, 5) is 28.8. The second-order valence-corrected chi connectivity index (χ2v) is 4.69. The minimum Gasteiger partial charge on any atom is -0.478 e. The van der Waals surface area contributed by atoms with Crippen molar-refractivity contribution < 1.29 is 14.7 Å². The van der Waals surface area contributed by atoms with Gasteiger partial charge in [-0.25, -0.2) is 9.78 Å². The van der Waals surface area contributed by atoms with Crippen LogP contribution in [0.15, 0.2) is 12.1 Å². The minimum absolute atomic E-state index is 0.126. The predicted octanol–water partition coefficient (Wildman–Crippen LogP) is 2.35. The molecule has 5 nitrogen and oxygen atoms in total. The molecule has 1 rings (SSSR count). The highest BCUT2D eigenvalue weighted by atomic mass is 16.4. The molecule has 0 spiro atoms. The normalized spacial score (nSPS) is 12.0. The highest BCUT2D eigenvalue weighted by Crippen LogP contribution is 2.12. The number of carbonyl (C=O) groups is 2. The molecule has 0 bridgehead atoms. The average molecular weight is 264 g/mol. The molecule has 0 aromatic carbocycles. The molecule has 1 unspecified atom stereocenters. The third kappa shape index (κ3) is 3.53. The molecule has 0 radical (unpaired) electrons. The van der Waals surface area contributed by atoms with Gasteiger partial charge >= 0.3 is 5.97 Å². The molecule has 1 N–H and O–H groups in total. The van der Waals surface area contributed by atoms with Gasteiger partial charge in [0.1, 0.15) is 5.69 Å². The Morgan fingerprint density at radius 3 is 2.53 bits per heavy atom. The SMILES string of the molecule is CCCC(C)N(C)C(=O)c1ccc(C(=O)O)c(C)n1. The summed E-state index contributed by atoms with van der Waals surface area (Å²) in [6, 6.07) is 3.03. The molecule has 0 fully saturated rings. The van der Waals surface area contributed by atoms with Gasteiger partial charge in [-0.2, -0.15) is 0 Å². The van der Waals surface area contributed by atoms with E-state index in [1.165, 1.54) is 12.1 Å². The van der Waals surface area contributed by atoms with Crippen molar-refractivity contribution in [2.45, 2.75) is 39.7 Å². The third-order valence-corrected chi connectivity index (χ3v) is 3.22. The van der Waals surface area contributed by atoms with E-state index >= 15 is 0 Å². The number of pyridine rings is 1. The van der Waals surface area contributed by atoms with Crippen LogP contribution in [0.2, 0.25) is 0 Å². The van der Waals surface area contributed by atoms with Gasteiger partial charge in [-0.1, -0.05) is 13.3 Å². The Bertz CT molecular complexity index is 486. The zero-order valence-electron chi connectivity index (χ0n) is 11.8. The fourth-order valence-corrected chi connectivity index (χ4v) is 1.90. The fourth-order valence-electron chi connectivity index (χ4n) is 1.90. The lowest BCUT2D eigenvalue weighted by atomic mass is 10.1.